The van der Waals surface area contributed by atoms with Crippen molar-refractivity contribution in [3.05, 3.63) is 102 Å². The first-order valence-corrected chi connectivity index (χ1v) is 11.4. The SMILES string of the molecule is O=C(OC(C(=O)N1CCOCC1)c1ccccc1)c1cc(-c2ccc(F)cc2)nc2ccccc12. The number of nitrogens with zero attached hydrogens (tertiary/aromatic N) is 2. The lowest BCUT2D eigenvalue weighted by molar-refractivity contribution is -0.145. The molecule has 0 N–H and O–H groups in total. The van der Waals surface area contributed by atoms with E-state index in [0.29, 0.717) is 54.0 Å². The van der Waals surface area contributed by atoms with E-state index in [1.165, 1.54) is 12.1 Å². The fraction of sp³-hybridized carbons (Fsp3) is 0.179. The summed E-state index contributed by atoms with van der Waals surface area (Å²) in [6.45, 7) is 1.76. The third-order valence-electron chi connectivity index (χ3n) is 5.95. The second-order valence-corrected chi connectivity index (χ2v) is 8.21. The van der Waals surface area contributed by atoms with E-state index in [1.54, 1.807) is 59.5 Å². The quantitative estimate of drug-likeness (QED) is 0.392. The van der Waals surface area contributed by atoms with Gasteiger partial charge in [0.15, 0.2) is 0 Å². The Kier molecular flexibility index (Phi) is 6.50. The minimum absolute atomic E-state index is 0.283. The number of carbonyl (C=O) groups is 2. The number of morpholine rings is 1. The monoisotopic (exact) mass is 470 g/mol. The van der Waals surface area contributed by atoms with Gasteiger partial charge in [0.05, 0.1) is 30.0 Å². The lowest BCUT2D eigenvalue weighted by Crippen LogP contribution is -2.44. The van der Waals surface area contributed by atoms with E-state index >= 15 is 0 Å². The molecule has 1 aromatic heterocycles. The molecule has 7 heteroatoms. The Morgan fingerprint density at radius 3 is 2.34 bits per heavy atom. The summed E-state index contributed by atoms with van der Waals surface area (Å²) in [7, 11) is 0. The number of para-hydroxylation sites is 1. The Hall–Kier alpha value is -4.10. The number of carbonyl (C=O) groups excluding carboxylic acids is 2. The van der Waals surface area contributed by atoms with Crippen molar-refractivity contribution in [2.45, 2.75) is 6.10 Å². The highest BCUT2D eigenvalue weighted by molar-refractivity contribution is 6.05. The molecule has 0 radical (unpaired) electrons. The van der Waals surface area contributed by atoms with Crippen molar-refractivity contribution < 1.29 is 23.5 Å². The van der Waals surface area contributed by atoms with Gasteiger partial charge < -0.3 is 14.4 Å². The van der Waals surface area contributed by atoms with E-state index in [-0.39, 0.29) is 17.3 Å². The van der Waals surface area contributed by atoms with Crippen LogP contribution < -0.4 is 0 Å². The maximum Gasteiger partial charge on any atom is 0.340 e. The summed E-state index contributed by atoms with van der Waals surface area (Å²) in [5.41, 5.74) is 2.64. The number of halogens is 1. The van der Waals surface area contributed by atoms with Crippen LogP contribution in [0.1, 0.15) is 22.0 Å². The van der Waals surface area contributed by atoms with E-state index < -0.39 is 12.1 Å². The number of rotatable bonds is 5. The van der Waals surface area contributed by atoms with Gasteiger partial charge in [0.2, 0.25) is 6.10 Å². The van der Waals surface area contributed by atoms with E-state index in [4.69, 9.17) is 9.47 Å². The molecule has 0 saturated carbocycles. The summed E-state index contributed by atoms with van der Waals surface area (Å²) >= 11 is 0. The number of esters is 1. The molecular weight excluding hydrogens is 447 g/mol. The highest BCUT2D eigenvalue weighted by Gasteiger charge is 2.31. The molecule has 3 aromatic carbocycles. The Morgan fingerprint density at radius 1 is 0.914 bits per heavy atom. The maximum absolute atomic E-state index is 13.6. The lowest BCUT2D eigenvalue weighted by Gasteiger charge is -2.30. The molecule has 4 aromatic rings. The van der Waals surface area contributed by atoms with E-state index in [2.05, 4.69) is 4.98 Å². The first-order valence-electron chi connectivity index (χ1n) is 11.4. The molecule has 0 aliphatic carbocycles. The van der Waals surface area contributed by atoms with Crippen LogP contribution in [0.4, 0.5) is 4.39 Å². The number of hydrogen-bond donors (Lipinski definition) is 0. The summed E-state index contributed by atoms with van der Waals surface area (Å²) in [4.78, 5) is 33.3. The van der Waals surface area contributed by atoms with Crippen LogP contribution in [0.2, 0.25) is 0 Å². The largest absolute Gasteiger partial charge is 0.444 e. The summed E-state index contributed by atoms with van der Waals surface area (Å²) < 4.78 is 24.7. The number of hydrogen-bond acceptors (Lipinski definition) is 5. The van der Waals surface area contributed by atoms with Gasteiger partial charge in [-0.1, -0.05) is 48.5 Å². The van der Waals surface area contributed by atoms with Crippen molar-refractivity contribution in [3.8, 4) is 11.3 Å². The van der Waals surface area contributed by atoms with Crippen molar-refractivity contribution in [2.24, 2.45) is 0 Å². The molecule has 35 heavy (non-hydrogen) atoms. The van der Waals surface area contributed by atoms with Crippen molar-refractivity contribution in [3.63, 3.8) is 0 Å². The molecule has 176 valence electrons. The van der Waals surface area contributed by atoms with Gasteiger partial charge in [-0.05, 0) is 36.4 Å². The number of ether oxygens (including phenoxy) is 2. The molecule has 1 fully saturated rings. The third kappa shape index (κ3) is 4.90. The molecule has 0 bridgehead atoms. The molecule has 2 heterocycles. The summed E-state index contributed by atoms with van der Waals surface area (Å²) in [6.07, 6.45) is -1.09. The van der Waals surface area contributed by atoms with E-state index in [1.807, 2.05) is 18.2 Å². The number of aromatic nitrogens is 1. The van der Waals surface area contributed by atoms with E-state index in [9.17, 15) is 14.0 Å². The molecule has 1 unspecified atom stereocenters. The number of fused-ring (bicyclic) bond motifs is 1. The zero-order valence-electron chi connectivity index (χ0n) is 18.9. The third-order valence-corrected chi connectivity index (χ3v) is 5.95. The van der Waals surface area contributed by atoms with Crippen LogP contribution in [-0.2, 0) is 14.3 Å². The van der Waals surface area contributed by atoms with Gasteiger partial charge in [-0.15, -0.1) is 0 Å². The first kappa shape index (κ1) is 22.7. The number of amides is 1. The topological polar surface area (TPSA) is 68.7 Å². The van der Waals surface area contributed by atoms with Gasteiger partial charge in [-0.25, -0.2) is 14.2 Å². The minimum atomic E-state index is -1.09. The van der Waals surface area contributed by atoms with Crippen molar-refractivity contribution in [1.29, 1.82) is 0 Å². The van der Waals surface area contributed by atoms with Gasteiger partial charge in [0, 0.05) is 29.6 Å². The molecule has 1 saturated heterocycles. The molecule has 1 aliphatic rings. The molecular formula is C28H23FN2O4. The van der Waals surface area contributed by atoms with Crippen LogP contribution in [-0.4, -0.2) is 48.1 Å². The summed E-state index contributed by atoms with van der Waals surface area (Å²) in [5, 5.41) is 0.606. The average molecular weight is 471 g/mol. The Bertz CT molecular complexity index is 1350. The average Bonchev–Trinajstić information content (AvgIpc) is 2.92. The lowest BCUT2D eigenvalue weighted by atomic mass is 10.0. The smallest absolute Gasteiger partial charge is 0.340 e. The van der Waals surface area contributed by atoms with Gasteiger partial charge >= 0.3 is 5.97 Å². The molecule has 6 nitrogen and oxygen atoms in total. The summed E-state index contributed by atoms with van der Waals surface area (Å²) in [5.74, 6) is -1.28. The van der Waals surface area contributed by atoms with Crippen LogP contribution >= 0.6 is 0 Å². The van der Waals surface area contributed by atoms with Crippen LogP contribution in [0.3, 0.4) is 0 Å². The predicted octanol–water partition coefficient (Wildman–Crippen LogP) is 4.80. The zero-order chi connectivity index (χ0) is 24.2. The van der Waals surface area contributed by atoms with Gasteiger partial charge in [-0.3, -0.25) is 4.79 Å². The van der Waals surface area contributed by atoms with E-state index in [0.717, 1.165) is 0 Å². The van der Waals surface area contributed by atoms with Gasteiger partial charge in [0.25, 0.3) is 5.91 Å². The first-order chi connectivity index (χ1) is 17.1. The standard InChI is InChI=1S/C28H23FN2O4/c29-21-12-10-19(11-13-21)25-18-23(22-8-4-5-9-24(22)30-25)28(33)35-26(20-6-2-1-3-7-20)27(32)31-14-16-34-17-15-31/h1-13,18,26H,14-17H2. The molecule has 1 atom stereocenters. The second kappa shape index (κ2) is 10.0. The summed E-state index contributed by atoms with van der Waals surface area (Å²) in [6, 6.07) is 23.7. The molecule has 0 spiro atoms. The highest BCUT2D eigenvalue weighted by Crippen LogP contribution is 2.28. The Labute approximate surface area is 201 Å². The number of benzene rings is 3. The maximum atomic E-state index is 13.6. The molecule has 5 rings (SSSR count). The van der Waals surface area contributed by atoms with Crippen LogP contribution in [0.15, 0.2) is 84.9 Å². The van der Waals surface area contributed by atoms with Crippen LogP contribution in [0, 0.1) is 5.82 Å². The van der Waals surface area contributed by atoms with Crippen molar-refractivity contribution >= 4 is 22.8 Å². The Morgan fingerprint density at radius 2 is 1.60 bits per heavy atom. The number of pyridine rings is 1. The van der Waals surface area contributed by atoms with Crippen molar-refractivity contribution in [1.82, 2.24) is 9.88 Å². The van der Waals surface area contributed by atoms with Crippen LogP contribution in [0.25, 0.3) is 22.2 Å². The highest BCUT2D eigenvalue weighted by atomic mass is 19.1. The fourth-order valence-corrected chi connectivity index (χ4v) is 4.12. The second-order valence-electron chi connectivity index (χ2n) is 8.21. The van der Waals surface area contributed by atoms with Crippen molar-refractivity contribution in [2.75, 3.05) is 26.3 Å². The predicted molar refractivity (Wildman–Crippen MR) is 129 cm³/mol. The normalized spacial score (nSPS) is 14.5. The van der Waals surface area contributed by atoms with Crippen LogP contribution in [0.5, 0.6) is 0 Å². The molecule has 1 aliphatic heterocycles. The fourth-order valence-electron chi connectivity index (χ4n) is 4.12. The zero-order valence-corrected chi connectivity index (χ0v) is 18.9. The van der Waals surface area contributed by atoms with Gasteiger partial charge in [0.1, 0.15) is 5.82 Å². The minimum Gasteiger partial charge on any atom is -0.444 e. The molecule has 1 amide bonds. The Balaban J connectivity index is 1.53. The van der Waals surface area contributed by atoms with Gasteiger partial charge in [-0.2, -0.15) is 0 Å².